The summed E-state index contributed by atoms with van der Waals surface area (Å²) >= 11 is 0. The average molecular weight is 430 g/mol. The van der Waals surface area contributed by atoms with Crippen LogP contribution in [0.3, 0.4) is 0 Å². The Morgan fingerprint density at radius 1 is 0.844 bits per heavy atom. The van der Waals surface area contributed by atoms with Crippen molar-refractivity contribution in [2.45, 2.75) is 32.0 Å². The Balaban J connectivity index is 1.50. The van der Waals surface area contributed by atoms with E-state index in [1.165, 1.54) is 12.1 Å². The largest absolute Gasteiger partial charge is 0.507 e. The molecule has 4 unspecified atom stereocenters. The van der Waals surface area contributed by atoms with Gasteiger partial charge in [0.2, 0.25) is 0 Å². The molecule has 6 nitrogen and oxygen atoms in total. The van der Waals surface area contributed by atoms with Gasteiger partial charge < -0.3 is 14.9 Å². The number of fused-ring (bicyclic) bond motifs is 3. The Kier molecular flexibility index (Phi) is 4.82. The number of aromatic hydroxyl groups is 2. The maximum Gasteiger partial charge on any atom is 0.173 e. The van der Waals surface area contributed by atoms with Crippen molar-refractivity contribution in [3.8, 4) is 11.5 Å². The zero-order valence-corrected chi connectivity index (χ0v) is 17.4. The van der Waals surface area contributed by atoms with Gasteiger partial charge in [-0.25, -0.2) is 0 Å². The Hall–Kier alpha value is -3.51. The molecule has 32 heavy (non-hydrogen) atoms. The first-order chi connectivity index (χ1) is 15.3. The van der Waals surface area contributed by atoms with Crippen molar-refractivity contribution in [2.75, 3.05) is 0 Å². The lowest BCUT2D eigenvalue weighted by Crippen LogP contribution is -2.49. The fourth-order valence-electron chi connectivity index (χ4n) is 5.04. The third-order valence-electron chi connectivity index (χ3n) is 6.63. The molecule has 0 heterocycles. The predicted molar refractivity (Wildman–Crippen MR) is 117 cm³/mol. The fraction of sp³-hybridized carbons (Fsp3) is 0.269. The van der Waals surface area contributed by atoms with E-state index in [9.17, 15) is 24.6 Å². The van der Waals surface area contributed by atoms with Crippen LogP contribution in [0.25, 0.3) is 10.8 Å². The monoisotopic (exact) mass is 430 g/mol. The lowest BCUT2D eigenvalue weighted by atomic mass is 9.65. The molecule has 5 rings (SSSR count). The van der Waals surface area contributed by atoms with Gasteiger partial charge in [-0.05, 0) is 41.5 Å². The molecule has 3 aromatic rings. The zero-order valence-electron chi connectivity index (χ0n) is 17.4. The van der Waals surface area contributed by atoms with E-state index in [0.29, 0.717) is 0 Å². The van der Waals surface area contributed by atoms with Crippen LogP contribution in [-0.4, -0.2) is 33.7 Å². The number of benzene rings is 3. The van der Waals surface area contributed by atoms with Crippen LogP contribution < -0.4 is 0 Å². The fourth-order valence-corrected chi connectivity index (χ4v) is 5.04. The van der Waals surface area contributed by atoms with Crippen molar-refractivity contribution in [3.63, 3.8) is 0 Å². The van der Waals surface area contributed by atoms with Gasteiger partial charge in [-0.1, -0.05) is 36.4 Å². The second-order valence-electron chi connectivity index (χ2n) is 8.58. The molecule has 4 atom stereocenters. The number of carbonyl (C=O) groups is 3. The molecule has 6 heteroatoms. The summed E-state index contributed by atoms with van der Waals surface area (Å²) in [5.74, 6) is -3.64. The molecule has 0 radical (unpaired) electrons. The second-order valence-corrected chi connectivity index (χ2v) is 8.58. The second kappa shape index (κ2) is 7.57. The van der Waals surface area contributed by atoms with Crippen LogP contribution in [0.5, 0.6) is 11.5 Å². The predicted octanol–water partition coefficient (Wildman–Crippen LogP) is 4.37. The number of ketones is 3. The number of rotatable bonds is 3. The highest BCUT2D eigenvalue weighted by molar-refractivity contribution is 6.20. The summed E-state index contributed by atoms with van der Waals surface area (Å²) in [4.78, 5) is 39.0. The Bertz CT molecular complexity index is 1280. The number of carbonyl (C=O) groups excluding carboxylic acids is 3. The highest BCUT2D eigenvalue weighted by Crippen LogP contribution is 2.45. The maximum absolute atomic E-state index is 13.4. The topological polar surface area (TPSA) is 101 Å². The molecule has 0 bridgehead atoms. The minimum Gasteiger partial charge on any atom is -0.507 e. The van der Waals surface area contributed by atoms with E-state index in [4.69, 9.17) is 4.74 Å². The van der Waals surface area contributed by atoms with E-state index in [-0.39, 0.29) is 41.3 Å². The molecule has 0 amide bonds. The van der Waals surface area contributed by atoms with Gasteiger partial charge in [-0.2, -0.15) is 0 Å². The van der Waals surface area contributed by atoms with Crippen LogP contribution in [0.2, 0.25) is 0 Å². The normalized spacial score (nSPS) is 23.7. The number of phenols is 2. The third kappa shape index (κ3) is 3.19. The third-order valence-corrected chi connectivity index (χ3v) is 6.63. The summed E-state index contributed by atoms with van der Waals surface area (Å²) in [7, 11) is 0. The number of ether oxygens (including phenoxy) is 1. The van der Waals surface area contributed by atoms with E-state index in [2.05, 4.69) is 0 Å². The molecular formula is C26H22O6. The van der Waals surface area contributed by atoms with Crippen LogP contribution in [0.4, 0.5) is 0 Å². The molecule has 162 valence electrons. The minimum absolute atomic E-state index is 0.0209. The SMILES string of the molecule is CC(OC1CC(=O)CC2C(=O)c3c(O)ccc(O)c3C(=O)C12)c1ccc2ccccc2c1. The van der Waals surface area contributed by atoms with Crippen LogP contribution >= 0.6 is 0 Å². The van der Waals surface area contributed by atoms with E-state index in [1.807, 2.05) is 49.4 Å². The van der Waals surface area contributed by atoms with Crippen molar-refractivity contribution < 1.29 is 29.3 Å². The first kappa shape index (κ1) is 20.4. The molecule has 0 saturated heterocycles. The molecule has 0 aliphatic heterocycles. The molecule has 2 N–H and O–H groups in total. The molecule has 0 aromatic heterocycles. The summed E-state index contributed by atoms with van der Waals surface area (Å²) < 4.78 is 6.23. The summed E-state index contributed by atoms with van der Waals surface area (Å²) in [6, 6.07) is 16.3. The molecule has 2 aliphatic carbocycles. The molecular weight excluding hydrogens is 408 g/mol. The molecule has 1 saturated carbocycles. The Labute approximate surface area is 184 Å². The highest BCUT2D eigenvalue weighted by Gasteiger charge is 2.51. The minimum atomic E-state index is -0.905. The number of phenolic OH excluding ortho intramolecular Hbond substituents is 2. The quantitative estimate of drug-likeness (QED) is 0.599. The van der Waals surface area contributed by atoms with E-state index >= 15 is 0 Å². The van der Waals surface area contributed by atoms with Crippen molar-refractivity contribution in [1.82, 2.24) is 0 Å². The Morgan fingerprint density at radius 3 is 2.22 bits per heavy atom. The van der Waals surface area contributed by atoms with Crippen molar-refractivity contribution in [1.29, 1.82) is 0 Å². The van der Waals surface area contributed by atoms with Gasteiger partial charge in [0.15, 0.2) is 11.6 Å². The summed E-state index contributed by atoms with van der Waals surface area (Å²) in [6.45, 7) is 1.85. The van der Waals surface area contributed by atoms with Crippen LogP contribution in [0.1, 0.15) is 52.1 Å². The number of hydrogen-bond acceptors (Lipinski definition) is 6. The number of Topliss-reactive ketones (excluding diaryl/α,β-unsaturated/α-hetero) is 3. The highest BCUT2D eigenvalue weighted by atomic mass is 16.5. The van der Waals surface area contributed by atoms with Crippen molar-refractivity contribution >= 4 is 28.1 Å². The Morgan fingerprint density at radius 2 is 1.50 bits per heavy atom. The maximum atomic E-state index is 13.4. The summed E-state index contributed by atoms with van der Waals surface area (Å²) in [5.41, 5.74) is 0.513. The van der Waals surface area contributed by atoms with Gasteiger partial charge in [-0.3, -0.25) is 14.4 Å². The molecule has 1 fully saturated rings. The summed E-state index contributed by atoms with van der Waals surface area (Å²) in [6.07, 6.45) is -1.27. The molecule has 2 aliphatic rings. The zero-order chi connectivity index (χ0) is 22.6. The summed E-state index contributed by atoms with van der Waals surface area (Å²) in [5, 5.41) is 22.6. The van der Waals surface area contributed by atoms with Gasteiger partial charge in [0.1, 0.15) is 17.3 Å². The van der Waals surface area contributed by atoms with Gasteiger partial charge >= 0.3 is 0 Å². The van der Waals surface area contributed by atoms with Crippen molar-refractivity contribution in [3.05, 3.63) is 71.3 Å². The molecule has 3 aromatic carbocycles. The van der Waals surface area contributed by atoms with Crippen LogP contribution in [-0.2, 0) is 9.53 Å². The van der Waals surface area contributed by atoms with Gasteiger partial charge in [0.25, 0.3) is 0 Å². The van der Waals surface area contributed by atoms with E-state index < -0.39 is 35.6 Å². The number of hydrogen-bond donors (Lipinski definition) is 2. The molecule has 0 spiro atoms. The average Bonchev–Trinajstić information content (AvgIpc) is 2.78. The van der Waals surface area contributed by atoms with Crippen LogP contribution in [0.15, 0.2) is 54.6 Å². The van der Waals surface area contributed by atoms with E-state index in [1.54, 1.807) is 0 Å². The first-order valence-corrected chi connectivity index (χ1v) is 10.6. The lowest BCUT2D eigenvalue weighted by Gasteiger charge is -2.40. The first-order valence-electron chi connectivity index (χ1n) is 10.6. The lowest BCUT2D eigenvalue weighted by molar-refractivity contribution is -0.131. The smallest absolute Gasteiger partial charge is 0.173 e. The standard InChI is InChI=1S/C26H22O6/c1-13(15-7-6-14-4-2-3-5-16(14)10-15)32-21-12-17(27)11-18-22(21)26(31)24-20(29)9-8-19(28)23(24)25(18)30/h2-10,13,18,21-22,28-29H,11-12H2,1H3. The van der Waals surface area contributed by atoms with Gasteiger partial charge in [0.05, 0.1) is 29.3 Å². The van der Waals surface area contributed by atoms with Gasteiger partial charge in [0, 0.05) is 18.8 Å². The van der Waals surface area contributed by atoms with Gasteiger partial charge in [-0.15, -0.1) is 0 Å². The van der Waals surface area contributed by atoms with E-state index in [0.717, 1.165) is 16.3 Å². The van der Waals surface area contributed by atoms with Crippen LogP contribution in [0, 0.1) is 11.8 Å². The van der Waals surface area contributed by atoms with Crippen molar-refractivity contribution in [2.24, 2.45) is 11.8 Å².